The van der Waals surface area contributed by atoms with E-state index in [2.05, 4.69) is 36.1 Å². The topological polar surface area (TPSA) is 122 Å². The lowest BCUT2D eigenvalue weighted by atomic mass is 9.92. The van der Waals surface area contributed by atoms with Crippen molar-refractivity contribution in [2.75, 3.05) is 13.1 Å². The van der Waals surface area contributed by atoms with Crippen LogP contribution in [0.1, 0.15) is 34.9 Å². The number of hydrogen-bond acceptors (Lipinski definition) is 8. The Morgan fingerprint density at radius 3 is 2.68 bits per heavy atom. The van der Waals surface area contributed by atoms with Gasteiger partial charge in [0.15, 0.2) is 10.8 Å². The number of hydrogen-bond donors (Lipinski definition) is 3. The van der Waals surface area contributed by atoms with Gasteiger partial charge in [-0.15, -0.1) is 10.2 Å². The first-order valence-electron chi connectivity index (χ1n) is 10.9. The van der Waals surface area contributed by atoms with Crippen molar-refractivity contribution in [3.8, 4) is 10.6 Å². The van der Waals surface area contributed by atoms with Crippen LogP contribution in [0.2, 0.25) is 0 Å². The molecule has 34 heavy (non-hydrogen) atoms. The summed E-state index contributed by atoms with van der Waals surface area (Å²) in [6.07, 6.45) is 5.36. The summed E-state index contributed by atoms with van der Waals surface area (Å²) in [6, 6.07) is 4.43. The molecular formula is C22H21F2N7O2S. The van der Waals surface area contributed by atoms with E-state index in [0.29, 0.717) is 25.3 Å². The number of piperidine rings is 1. The molecule has 3 aromatic rings. The first kappa shape index (κ1) is 22.4. The molecule has 3 N–H and O–H groups in total. The number of amides is 2. The molecule has 3 heterocycles. The van der Waals surface area contributed by atoms with Gasteiger partial charge in [0, 0.05) is 36.6 Å². The number of carbonyl (C=O) groups is 2. The van der Waals surface area contributed by atoms with E-state index in [1.165, 1.54) is 6.07 Å². The summed E-state index contributed by atoms with van der Waals surface area (Å²) >= 11 is 0.900. The molecule has 2 aromatic heterocycles. The van der Waals surface area contributed by atoms with E-state index in [1.807, 2.05) is 0 Å². The maximum Gasteiger partial charge on any atom is 0.282 e. The summed E-state index contributed by atoms with van der Waals surface area (Å²) in [7, 11) is 0. The fourth-order valence-electron chi connectivity index (χ4n) is 4.03. The zero-order valence-electron chi connectivity index (χ0n) is 17.9. The molecule has 176 valence electrons. The zero-order valence-corrected chi connectivity index (χ0v) is 18.7. The highest BCUT2D eigenvalue weighted by Gasteiger charge is 2.50. The maximum atomic E-state index is 14.1. The number of aromatic nitrogens is 4. The molecular weight excluding hydrogens is 464 g/mol. The van der Waals surface area contributed by atoms with Gasteiger partial charge in [-0.3, -0.25) is 9.59 Å². The van der Waals surface area contributed by atoms with Gasteiger partial charge in [0.25, 0.3) is 5.91 Å². The number of rotatable bonds is 6. The van der Waals surface area contributed by atoms with E-state index in [1.54, 1.807) is 18.5 Å². The molecule has 1 aliphatic heterocycles. The monoisotopic (exact) mass is 485 g/mol. The number of halogens is 2. The Labute approximate surface area is 197 Å². The van der Waals surface area contributed by atoms with Gasteiger partial charge in [0.05, 0.1) is 11.5 Å². The van der Waals surface area contributed by atoms with E-state index in [9.17, 15) is 18.4 Å². The molecule has 2 fully saturated rings. The van der Waals surface area contributed by atoms with Crippen molar-refractivity contribution >= 4 is 23.2 Å². The summed E-state index contributed by atoms with van der Waals surface area (Å²) in [4.78, 5) is 34.6. The Balaban J connectivity index is 1.27. The van der Waals surface area contributed by atoms with Crippen LogP contribution in [-0.2, 0) is 10.3 Å². The molecule has 2 aliphatic rings. The second-order valence-electron chi connectivity index (χ2n) is 8.36. The Kier molecular flexibility index (Phi) is 6.00. The molecule has 0 radical (unpaired) electrons. The van der Waals surface area contributed by atoms with Crippen LogP contribution in [0.15, 0.2) is 36.7 Å². The van der Waals surface area contributed by atoms with Crippen LogP contribution in [0.4, 0.5) is 8.78 Å². The van der Waals surface area contributed by atoms with Gasteiger partial charge in [-0.2, -0.15) is 0 Å². The highest BCUT2D eigenvalue weighted by molar-refractivity contribution is 7.16. The first-order chi connectivity index (χ1) is 16.4. The van der Waals surface area contributed by atoms with Crippen molar-refractivity contribution < 1.29 is 18.4 Å². The fourth-order valence-corrected chi connectivity index (χ4v) is 4.80. The average Bonchev–Trinajstić information content (AvgIpc) is 3.45. The van der Waals surface area contributed by atoms with Gasteiger partial charge in [0.2, 0.25) is 10.9 Å². The highest BCUT2D eigenvalue weighted by atomic mass is 32.1. The molecule has 1 saturated carbocycles. The normalized spacial score (nSPS) is 21.0. The molecule has 0 bridgehead atoms. The Morgan fingerprint density at radius 2 is 1.94 bits per heavy atom. The second kappa shape index (κ2) is 9.11. The van der Waals surface area contributed by atoms with Crippen molar-refractivity contribution in [1.82, 2.24) is 36.1 Å². The SMILES string of the molecule is O=C(N[C@H]1CCNC[C@@H]1C(=O)NC1(c2ncccn2)CC1)c1nnc(-c2ccc(F)cc2F)s1. The van der Waals surface area contributed by atoms with E-state index >= 15 is 0 Å². The molecule has 2 amide bonds. The van der Waals surface area contributed by atoms with Crippen LogP contribution < -0.4 is 16.0 Å². The zero-order chi connectivity index (χ0) is 23.7. The average molecular weight is 486 g/mol. The predicted molar refractivity (Wildman–Crippen MR) is 119 cm³/mol. The van der Waals surface area contributed by atoms with Crippen LogP contribution in [0.25, 0.3) is 10.6 Å². The molecule has 1 aromatic carbocycles. The minimum atomic E-state index is -0.783. The van der Waals surface area contributed by atoms with Crippen LogP contribution in [0.3, 0.4) is 0 Å². The summed E-state index contributed by atoms with van der Waals surface area (Å²) in [5.41, 5.74) is -0.493. The lowest BCUT2D eigenvalue weighted by Crippen LogP contribution is -2.56. The Bertz CT molecular complexity index is 1220. The van der Waals surface area contributed by atoms with Crippen molar-refractivity contribution in [2.24, 2.45) is 5.92 Å². The van der Waals surface area contributed by atoms with Gasteiger partial charge in [-0.25, -0.2) is 18.7 Å². The number of benzene rings is 1. The summed E-state index contributed by atoms with van der Waals surface area (Å²) < 4.78 is 27.2. The second-order valence-corrected chi connectivity index (χ2v) is 9.34. The maximum absolute atomic E-state index is 14.1. The summed E-state index contributed by atoms with van der Waals surface area (Å²) in [6.45, 7) is 1.05. The number of nitrogens with one attached hydrogen (secondary N) is 3. The minimum Gasteiger partial charge on any atom is -0.346 e. The smallest absolute Gasteiger partial charge is 0.282 e. The largest absolute Gasteiger partial charge is 0.346 e. The fraction of sp³-hybridized carbons (Fsp3) is 0.364. The number of carbonyl (C=O) groups excluding carboxylic acids is 2. The van der Waals surface area contributed by atoms with Crippen LogP contribution in [0, 0.1) is 17.6 Å². The van der Waals surface area contributed by atoms with Crippen LogP contribution >= 0.6 is 11.3 Å². The molecule has 9 nitrogen and oxygen atoms in total. The van der Waals surface area contributed by atoms with Crippen molar-refractivity contribution in [3.63, 3.8) is 0 Å². The summed E-state index contributed by atoms with van der Waals surface area (Å²) in [5, 5.41) is 17.1. The Morgan fingerprint density at radius 1 is 1.15 bits per heavy atom. The van der Waals surface area contributed by atoms with Gasteiger partial charge in [-0.05, 0) is 44.0 Å². The predicted octanol–water partition coefficient (Wildman–Crippen LogP) is 1.79. The van der Waals surface area contributed by atoms with E-state index in [-0.39, 0.29) is 21.5 Å². The molecule has 12 heteroatoms. The molecule has 5 rings (SSSR count). The molecule has 0 unspecified atom stereocenters. The van der Waals surface area contributed by atoms with Gasteiger partial charge >= 0.3 is 0 Å². The van der Waals surface area contributed by atoms with Gasteiger partial charge in [0.1, 0.15) is 11.6 Å². The standard InChI is InChI=1S/C22H21F2N7O2S/c23-12-2-3-13(15(24)10-12)19-30-31-20(34-19)18(33)28-16-4-9-25-11-14(16)17(32)29-22(5-6-22)21-26-7-1-8-27-21/h1-3,7-8,10,14,16,25H,4-6,9,11H2,(H,28,33)(H,29,32)/t14-,16-/m0/s1. The minimum absolute atomic E-state index is 0.0350. The third-order valence-electron chi connectivity index (χ3n) is 6.02. The lowest BCUT2D eigenvalue weighted by molar-refractivity contribution is -0.127. The molecule has 1 aliphatic carbocycles. The Hall–Kier alpha value is -3.38. The highest BCUT2D eigenvalue weighted by Crippen LogP contribution is 2.43. The van der Waals surface area contributed by atoms with E-state index < -0.39 is 35.0 Å². The molecule has 0 spiro atoms. The van der Waals surface area contributed by atoms with Gasteiger partial charge < -0.3 is 16.0 Å². The van der Waals surface area contributed by atoms with E-state index in [0.717, 1.165) is 36.3 Å². The van der Waals surface area contributed by atoms with E-state index in [4.69, 9.17) is 0 Å². The third-order valence-corrected chi connectivity index (χ3v) is 6.98. The van der Waals surface area contributed by atoms with Crippen LogP contribution in [0.5, 0.6) is 0 Å². The van der Waals surface area contributed by atoms with Crippen molar-refractivity contribution in [2.45, 2.75) is 30.8 Å². The molecule has 1 saturated heterocycles. The first-order valence-corrected chi connectivity index (χ1v) is 11.7. The molecule has 2 atom stereocenters. The third kappa shape index (κ3) is 4.50. The van der Waals surface area contributed by atoms with Crippen molar-refractivity contribution in [3.05, 3.63) is 59.1 Å². The van der Waals surface area contributed by atoms with Crippen LogP contribution in [-0.4, -0.2) is 51.1 Å². The lowest BCUT2D eigenvalue weighted by Gasteiger charge is -2.32. The summed E-state index contributed by atoms with van der Waals surface area (Å²) in [5.74, 6) is -2.08. The number of nitrogens with zero attached hydrogens (tertiary/aromatic N) is 4. The quantitative estimate of drug-likeness (QED) is 0.487. The van der Waals surface area contributed by atoms with Gasteiger partial charge in [-0.1, -0.05) is 11.3 Å². The van der Waals surface area contributed by atoms with Crippen molar-refractivity contribution in [1.29, 1.82) is 0 Å².